The number of rotatable bonds is 2. The number of nitrogens with one attached hydrogen (secondary N) is 1. The monoisotopic (exact) mass is 234 g/mol. The van der Waals surface area contributed by atoms with Gasteiger partial charge < -0.3 is 15.0 Å². The maximum absolute atomic E-state index is 5.59. The predicted octanol–water partition coefficient (Wildman–Crippen LogP) is 2.11. The molecule has 1 aromatic carbocycles. The second-order valence-corrected chi connectivity index (χ2v) is 4.65. The first-order valence-electron chi connectivity index (χ1n) is 6.34. The van der Waals surface area contributed by atoms with Gasteiger partial charge in [-0.25, -0.2) is 0 Å². The van der Waals surface area contributed by atoms with Crippen LogP contribution in [0.2, 0.25) is 0 Å². The molecule has 3 nitrogen and oxygen atoms in total. The fourth-order valence-corrected chi connectivity index (χ4v) is 2.37. The van der Waals surface area contributed by atoms with Crippen LogP contribution < -0.4 is 15.0 Å². The Bertz CT molecular complexity index is 382. The summed E-state index contributed by atoms with van der Waals surface area (Å²) in [6.07, 6.45) is 1.19. The zero-order valence-corrected chi connectivity index (χ0v) is 11.0. The molecule has 0 aliphatic carbocycles. The molecule has 94 valence electrons. The van der Waals surface area contributed by atoms with E-state index in [1.54, 1.807) is 7.11 Å². The van der Waals surface area contributed by atoms with Gasteiger partial charge in [0, 0.05) is 19.6 Å². The van der Waals surface area contributed by atoms with E-state index in [1.807, 2.05) is 0 Å². The first kappa shape index (κ1) is 12.2. The van der Waals surface area contributed by atoms with E-state index in [0.717, 1.165) is 31.9 Å². The van der Waals surface area contributed by atoms with Crippen LogP contribution in [0.3, 0.4) is 0 Å². The van der Waals surface area contributed by atoms with Gasteiger partial charge in [0.1, 0.15) is 5.75 Å². The van der Waals surface area contributed by atoms with Gasteiger partial charge in [0.2, 0.25) is 0 Å². The van der Waals surface area contributed by atoms with Crippen LogP contribution in [0, 0.1) is 13.8 Å². The Balaban J connectivity index is 2.33. The molecule has 0 atom stereocenters. The van der Waals surface area contributed by atoms with E-state index in [-0.39, 0.29) is 0 Å². The lowest BCUT2D eigenvalue weighted by molar-refractivity contribution is 0.411. The van der Waals surface area contributed by atoms with Crippen LogP contribution in [0.5, 0.6) is 5.75 Å². The predicted molar refractivity (Wildman–Crippen MR) is 72.2 cm³/mol. The molecule has 0 radical (unpaired) electrons. The number of hydrogen-bond acceptors (Lipinski definition) is 3. The molecular formula is C14H22N2O. The molecule has 3 heteroatoms. The molecule has 1 aromatic rings. The first-order valence-corrected chi connectivity index (χ1v) is 6.34. The molecule has 1 fully saturated rings. The minimum absolute atomic E-state index is 1.03. The van der Waals surface area contributed by atoms with Crippen LogP contribution in [0.15, 0.2) is 12.1 Å². The molecule has 0 amide bonds. The van der Waals surface area contributed by atoms with Gasteiger partial charge in [-0.3, -0.25) is 0 Å². The van der Waals surface area contributed by atoms with Crippen molar-refractivity contribution in [3.8, 4) is 5.75 Å². The molecule has 1 saturated heterocycles. The molecule has 0 saturated carbocycles. The lowest BCUT2D eigenvalue weighted by Crippen LogP contribution is -2.28. The lowest BCUT2D eigenvalue weighted by Gasteiger charge is -2.26. The van der Waals surface area contributed by atoms with Crippen LogP contribution in [0.4, 0.5) is 5.69 Å². The van der Waals surface area contributed by atoms with Crippen LogP contribution >= 0.6 is 0 Å². The third kappa shape index (κ3) is 2.55. The number of benzene rings is 1. The Morgan fingerprint density at radius 1 is 1.18 bits per heavy atom. The van der Waals surface area contributed by atoms with Gasteiger partial charge in [-0.15, -0.1) is 0 Å². The molecule has 0 unspecified atom stereocenters. The fraction of sp³-hybridized carbons (Fsp3) is 0.571. The second-order valence-electron chi connectivity index (χ2n) is 4.65. The highest BCUT2D eigenvalue weighted by molar-refractivity contribution is 5.63. The van der Waals surface area contributed by atoms with Gasteiger partial charge in [-0.1, -0.05) is 6.07 Å². The fourth-order valence-electron chi connectivity index (χ4n) is 2.37. The van der Waals surface area contributed by atoms with Crippen molar-refractivity contribution in [3.63, 3.8) is 0 Å². The summed E-state index contributed by atoms with van der Waals surface area (Å²) in [7, 11) is 1.77. The molecular weight excluding hydrogens is 212 g/mol. The molecule has 0 spiro atoms. The van der Waals surface area contributed by atoms with Gasteiger partial charge in [0.05, 0.1) is 12.8 Å². The smallest absolute Gasteiger partial charge is 0.145 e. The first-order chi connectivity index (χ1) is 8.24. The molecule has 2 rings (SSSR count). The van der Waals surface area contributed by atoms with Crippen LogP contribution in [-0.4, -0.2) is 33.3 Å². The zero-order chi connectivity index (χ0) is 12.3. The average molecular weight is 234 g/mol. The SMILES string of the molecule is COc1c(N2CCCNCC2)ccc(C)c1C. The third-order valence-corrected chi connectivity index (χ3v) is 3.54. The maximum Gasteiger partial charge on any atom is 0.145 e. The van der Waals surface area contributed by atoms with E-state index in [2.05, 4.69) is 36.2 Å². The largest absolute Gasteiger partial charge is 0.494 e. The Morgan fingerprint density at radius 3 is 2.76 bits per heavy atom. The van der Waals surface area contributed by atoms with E-state index in [1.165, 1.54) is 23.2 Å². The van der Waals surface area contributed by atoms with Crippen LogP contribution in [0.25, 0.3) is 0 Å². The van der Waals surface area contributed by atoms with Gasteiger partial charge in [0.15, 0.2) is 0 Å². The second kappa shape index (κ2) is 5.41. The normalized spacial score (nSPS) is 16.8. The van der Waals surface area contributed by atoms with E-state index in [4.69, 9.17) is 4.74 Å². The maximum atomic E-state index is 5.59. The van der Waals surface area contributed by atoms with Crippen molar-refractivity contribution in [3.05, 3.63) is 23.3 Å². The summed E-state index contributed by atoms with van der Waals surface area (Å²) in [4.78, 5) is 2.42. The van der Waals surface area contributed by atoms with Crippen LogP contribution in [0.1, 0.15) is 17.5 Å². The highest BCUT2D eigenvalue weighted by Gasteiger charge is 2.16. The number of ether oxygens (including phenoxy) is 1. The molecule has 0 aromatic heterocycles. The topological polar surface area (TPSA) is 24.5 Å². The Kier molecular flexibility index (Phi) is 3.89. The van der Waals surface area contributed by atoms with E-state index < -0.39 is 0 Å². The highest BCUT2D eigenvalue weighted by Crippen LogP contribution is 2.33. The summed E-state index contributed by atoms with van der Waals surface area (Å²) < 4.78 is 5.59. The van der Waals surface area contributed by atoms with Crippen molar-refractivity contribution < 1.29 is 4.74 Å². The van der Waals surface area contributed by atoms with Gasteiger partial charge in [0.25, 0.3) is 0 Å². The quantitative estimate of drug-likeness (QED) is 0.848. The summed E-state index contributed by atoms with van der Waals surface area (Å²) in [6.45, 7) is 8.59. The van der Waals surface area contributed by atoms with Crippen molar-refractivity contribution in [2.75, 3.05) is 38.2 Å². The van der Waals surface area contributed by atoms with E-state index in [9.17, 15) is 0 Å². The van der Waals surface area contributed by atoms with Crippen molar-refractivity contribution in [1.82, 2.24) is 5.32 Å². The van der Waals surface area contributed by atoms with Crippen LogP contribution in [-0.2, 0) is 0 Å². The molecule has 1 N–H and O–H groups in total. The highest BCUT2D eigenvalue weighted by atomic mass is 16.5. The van der Waals surface area contributed by atoms with Gasteiger partial charge in [-0.2, -0.15) is 0 Å². The van der Waals surface area contributed by atoms with Crippen molar-refractivity contribution in [1.29, 1.82) is 0 Å². The number of aryl methyl sites for hydroxylation is 1. The summed E-state index contributed by atoms with van der Waals surface area (Å²) in [6, 6.07) is 4.37. The summed E-state index contributed by atoms with van der Waals surface area (Å²) >= 11 is 0. The Hall–Kier alpha value is -1.22. The molecule has 0 bridgehead atoms. The summed E-state index contributed by atoms with van der Waals surface area (Å²) in [5.41, 5.74) is 3.78. The number of anilines is 1. The van der Waals surface area contributed by atoms with Gasteiger partial charge >= 0.3 is 0 Å². The Morgan fingerprint density at radius 2 is 2.00 bits per heavy atom. The summed E-state index contributed by atoms with van der Waals surface area (Å²) in [5.74, 6) is 1.03. The Labute approximate surface area is 104 Å². The lowest BCUT2D eigenvalue weighted by atomic mass is 10.1. The van der Waals surface area contributed by atoms with Gasteiger partial charge in [-0.05, 0) is 44.0 Å². The average Bonchev–Trinajstić information content (AvgIpc) is 2.61. The van der Waals surface area contributed by atoms with Crippen molar-refractivity contribution in [2.45, 2.75) is 20.3 Å². The third-order valence-electron chi connectivity index (χ3n) is 3.54. The number of hydrogen-bond donors (Lipinski definition) is 1. The minimum Gasteiger partial charge on any atom is -0.494 e. The summed E-state index contributed by atoms with van der Waals surface area (Å²) in [5, 5.41) is 3.43. The molecule has 1 aliphatic rings. The van der Waals surface area contributed by atoms with Crippen molar-refractivity contribution >= 4 is 5.69 Å². The molecule has 1 heterocycles. The molecule has 1 aliphatic heterocycles. The standard InChI is InChI=1S/C14H22N2O/c1-11-5-6-13(14(17-3)12(11)2)16-9-4-7-15-8-10-16/h5-6,15H,4,7-10H2,1-3H3. The molecule has 17 heavy (non-hydrogen) atoms. The van der Waals surface area contributed by atoms with Crippen molar-refractivity contribution in [2.24, 2.45) is 0 Å². The number of methoxy groups -OCH3 is 1. The van der Waals surface area contributed by atoms with E-state index in [0.29, 0.717) is 0 Å². The minimum atomic E-state index is 1.03. The number of nitrogens with zero attached hydrogens (tertiary/aromatic N) is 1. The zero-order valence-electron chi connectivity index (χ0n) is 11.0. The van der Waals surface area contributed by atoms with E-state index >= 15 is 0 Å².